The van der Waals surface area contributed by atoms with Gasteiger partial charge in [0.15, 0.2) is 0 Å². The number of sulfonamides is 1. The fraction of sp³-hybridized carbons (Fsp3) is 0.545. The molecule has 5 nitrogen and oxygen atoms in total. The molecule has 0 radical (unpaired) electrons. The van der Waals surface area contributed by atoms with E-state index in [-0.39, 0.29) is 10.0 Å². The van der Waals surface area contributed by atoms with Gasteiger partial charge in [-0.1, -0.05) is 24.4 Å². The highest BCUT2D eigenvalue weighted by molar-refractivity contribution is 7.89. The van der Waals surface area contributed by atoms with Crippen LogP contribution in [-0.4, -0.2) is 30.7 Å². The summed E-state index contributed by atoms with van der Waals surface area (Å²) in [6, 6.07) is 2.40. The van der Waals surface area contributed by atoms with Crippen LogP contribution >= 0.6 is 11.6 Å². The number of hydrogen-bond acceptors (Lipinski definition) is 4. The summed E-state index contributed by atoms with van der Waals surface area (Å²) in [5.41, 5.74) is 0. The van der Waals surface area contributed by atoms with Gasteiger partial charge in [-0.3, -0.25) is 0 Å². The Labute approximate surface area is 111 Å². The van der Waals surface area contributed by atoms with E-state index in [1.54, 1.807) is 0 Å². The normalized spacial score (nSPS) is 25.0. The second-order valence-corrected chi connectivity index (χ2v) is 6.50. The van der Waals surface area contributed by atoms with Crippen molar-refractivity contribution in [2.45, 2.75) is 42.7 Å². The van der Waals surface area contributed by atoms with Crippen molar-refractivity contribution >= 4 is 21.6 Å². The van der Waals surface area contributed by atoms with Crippen molar-refractivity contribution in [3.05, 3.63) is 23.5 Å². The van der Waals surface area contributed by atoms with Gasteiger partial charge in [-0.25, -0.2) is 18.1 Å². The van der Waals surface area contributed by atoms with Crippen molar-refractivity contribution in [1.82, 2.24) is 9.71 Å². The molecule has 1 aliphatic rings. The van der Waals surface area contributed by atoms with Crippen LogP contribution < -0.4 is 4.72 Å². The van der Waals surface area contributed by atoms with Crippen LogP contribution in [0.15, 0.2) is 23.2 Å². The molecule has 2 rings (SSSR count). The molecule has 7 heteroatoms. The average Bonchev–Trinajstić information content (AvgIpc) is 2.32. The summed E-state index contributed by atoms with van der Waals surface area (Å²) in [7, 11) is -3.64. The maximum atomic E-state index is 12.1. The van der Waals surface area contributed by atoms with Crippen LogP contribution in [0.5, 0.6) is 0 Å². The zero-order valence-electron chi connectivity index (χ0n) is 9.71. The molecule has 0 bridgehead atoms. The highest BCUT2D eigenvalue weighted by atomic mass is 35.5. The van der Waals surface area contributed by atoms with Gasteiger partial charge in [0.25, 0.3) is 0 Å². The summed E-state index contributed by atoms with van der Waals surface area (Å²) in [5.74, 6) is 0. The predicted molar refractivity (Wildman–Crippen MR) is 67.8 cm³/mol. The van der Waals surface area contributed by atoms with Gasteiger partial charge >= 0.3 is 0 Å². The summed E-state index contributed by atoms with van der Waals surface area (Å²) < 4.78 is 26.6. The summed E-state index contributed by atoms with van der Waals surface area (Å²) >= 11 is 5.61. The minimum atomic E-state index is -3.64. The van der Waals surface area contributed by atoms with Crippen molar-refractivity contribution in [3.63, 3.8) is 0 Å². The molecule has 0 spiro atoms. The van der Waals surface area contributed by atoms with Crippen LogP contribution in [0.25, 0.3) is 0 Å². The molecule has 1 aliphatic carbocycles. The van der Waals surface area contributed by atoms with E-state index in [0.717, 1.165) is 12.8 Å². The molecule has 2 atom stereocenters. The second-order valence-electron chi connectivity index (χ2n) is 4.40. The van der Waals surface area contributed by atoms with Crippen LogP contribution in [0.2, 0.25) is 5.15 Å². The highest BCUT2D eigenvalue weighted by Crippen LogP contribution is 2.20. The highest BCUT2D eigenvalue weighted by Gasteiger charge is 2.28. The van der Waals surface area contributed by atoms with E-state index >= 15 is 0 Å². The molecule has 18 heavy (non-hydrogen) atoms. The SMILES string of the molecule is O=S(=O)(NC1CCCCC1O)c1ccc(Cl)nc1. The molecule has 1 aromatic rings. The van der Waals surface area contributed by atoms with Crippen LogP contribution in [0, 0.1) is 0 Å². The quantitative estimate of drug-likeness (QED) is 0.823. The zero-order chi connectivity index (χ0) is 13.2. The van der Waals surface area contributed by atoms with Crippen molar-refractivity contribution in [2.24, 2.45) is 0 Å². The first-order valence-electron chi connectivity index (χ1n) is 5.81. The largest absolute Gasteiger partial charge is 0.391 e. The van der Waals surface area contributed by atoms with Gasteiger partial charge < -0.3 is 5.11 Å². The van der Waals surface area contributed by atoms with E-state index in [4.69, 9.17) is 11.6 Å². The molecule has 1 aromatic heterocycles. The molecule has 1 saturated carbocycles. The van der Waals surface area contributed by atoms with E-state index in [0.29, 0.717) is 12.8 Å². The predicted octanol–water partition coefficient (Wildman–Crippen LogP) is 1.32. The standard InChI is InChI=1S/C11H15ClN2O3S/c12-11-6-5-8(7-13-11)18(16,17)14-9-3-1-2-4-10(9)15/h5-7,9-10,14-15H,1-4H2. The van der Waals surface area contributed by atoms with Crippen LogP contribution in [0.3, 0.4) is 0 Å². The second kappa shape index (κ2) is 5.52. The number of aliphatic hydroxyl groups is 1. The lowest BCUT2D eigenvalue weighted by Crippen LogP contribution is -2.44. The number of aromatic nitrogens is 1. The van der Waals surface area contributed by atoms with Gasteiger partial charge in [0.1, 0.15) is 10.0 Å². The third-order valence-corrected chi connectivity index (χ3v) is 4.75. The lowest BCUT2D eigenvalue weighted by molar-refractivity contribution is 0.101. The summed E-state index contributed by atoms with van der Waals surface area (Å²) in [6.45, 7) is 0. The molecule has 2 unspecified atom stereocenters. The number of rotatable bonds is 3. The Morgan fingerprint density at radius 1 is 1.33 bits per heavy atom. The van der Waals surface area contributed by atoms with E-state index in [1.165, 1.54) is 18.3 Å². The van der Waals surface area contributed by atoms with E-state index in [2.05, 4.69) is 9.71 Å². The smallest absolute Gasteiger partial charge is 0.242 e. The Kier molecular flexibility index (Phi) is 4.21. The topological polar surface area (TPSA) is 79.3 Å². The molecule has 100 valence electrons. The fourth-order valence-electron chi connectivity index (χ4n) is 2.04. The van der Waals surface area contributed by atoms with Gasteiger partial charge in [0, 0.05) is 12.2 Å². The molecular weight excluding hydrogens is 276 g/mol. The van der Waals surface area contributed by atoms with E-state index < -0.39 is 22.2 Å². The molecule has 0 amide bonds. The lowest BCUT2D eigenvalue weighted by atomic mass is 9.93. The molecule has 1 heterocycles. The minimum Gasteiger partial charge on any atom is -0.391 e. The molecule has 0 saturated heterocycles. The van der Waals surface area contributed by atoms with Crippen LogP contribution in [0.1, 0.15) is 25.7 Å². The Bertz CT molecular complexity index is 504. The zero-order valence-corrected chi connectivity index (χ0v) is 11.3. The monoisotopic (exact) mass is 290 g/mol. The number of pyridine rings is 1. The number of nitrogens with one attached hydrogen (secondary N) is 1. The molecule has 1 fully saturated rings. The Hall–Kier alpha value is -0.690. The lowest BCUT2D eigenvalue weighted by Gasteiger charge is -2.27. The number of hydrogen-bond donors (Lipinski definition) is 2. The minimum absolute atomic E-state index is 0.0599. The van der Waals surface area contributed by atoms with Gasteiger partial charge in [-0.2, -0.15) is 0 Å². The fourth-order valence-corrected chi connectivity index (χ4v) is 3.40. The third-order valence-electron chi connectivity index (χ3n) is 3.05. The third kappa shape index (κ3) is 3.20. The summed E-state index contributed by atoms with van der Waals surface area (Å²) in [6.07, 6.45) is 3.73. The Balaban J connectivity index is 2.13. The number of aliphatic hydroxyl groups excluding tert-OH is 1. The number of nitrogens with zero attached hydrogens (tertiary/aromatic N) is 1. The van der Waals surface area contributed by atoms with Gasteiger partial charge in [0.2, 0.25) is 10.0 Å². The van der Waals surface area contributed by atoms with Crippen LogP contribution in [-0.2, 0) is 10.0 Å². The summed E-state index contributed by atoms with van der Waals surface area (Å²) in [5, 5.41) is 10.0. The van der Waals surface area contributed by atoms with E-state index in [1.807, 2.05) is 0 Å². The van der Waals surface area contributed by atoms with Crippen molar-refractivity contribution < 1.29 is 13.5 Å². The van der Waals surface area contributed by atoms with Crippen molar-refractivity contribution in [1.29, 1.82) is 0 Å². The first kappa shape index (κ1) is 13.7. The maximum Gasteiger partial charge on any atom is 0.242 e. The number of halogens is 1. The molecule has 0 aliphatic heterocycles. The first-order chi connectivity index (χ1) is 8.49. The summed E-state index contributed by atoms with van der Waals surface area (Å²) in [4.78, 5) is 3.80. The molecular formula is C11H15ClN2O3S. The van der Waals surface area contributed by atoms with E-state index in [9.17, 15) is 13.5 Å². The van der Waals surface area contributed by atoms with Gasteiger partial charge in [-0.15, -0.1) is 0 Å². The van der Waals surface area contributed by atoms with Crippen LogP contribution in [0.4, 0.5) is 0 Å². The van der Waals surface area contributed by atoms with Crippen molar-refractivity contribution in [3.8, 4) is 0 Å². The molecule has 0 aromatic carbocycles. The Morgan fingerprint density at radius 2 is 2.06 bits per heavy atom. The van der Waals surface area contributed by atoms with Gasteiger partial charge in [-0.05, 0) is 25.0 Å². The molecule has 2 N–H and O–H groups in total. The van der Waals surface area contributed by atoms with Gasteiger partial charge in [0.05, 0.1) is 6.10 Å². The first-order valence-corrected chi connectivity index (χ1v) is 7.67. The van der Waals surface area contributed by atoms with Crippen molar-refractivity contribution in [2.75, 3.05) is 0 Å². The average molecular weight is 291 g/mol. The Morgan fingerprint density at radius 3 is 2.67 bits per heavy atom. The maximum absolute atomic E-state index is 12.1.